The van der Waals surface area contributed by atoms with Crippen LogP contribution in [-0.2, 0) is 6.42 Å². The lowest BCUT2D eigenvalue weighted by atomic mass is 10.1. The molecule has 5 nitrogen and oxygen atoms in total. The van der Waals surface area contributed by atoms with Crippen LogP contribution in [0.5, 0.6) is 0 Å². The maximum absolute atomic E-state index is 5.99. The van der Waals surface area contributed by atoms with E-state index in [0.717, 1.165) is 30.8 Å². The van der Waals surface area contributed by atoms with Crippen LogP contribution < -0.4 is 10.6 Å². The van der Waals surface area contributed by atoms with E-state index in [9.17, 15) is 0 Å². The average Bonchev–Trinajstić information content (AvgIpc) is 2.78. The van der Waals surface area contributed by atoms with Crippen molar-refractivity contribution in [2.45, 2.75) is 38.6 Å². The Labute approximate surface area is 115 Å². The minimum Gasteiger partial charge on any atom is -0.383 e. The van der Waals surface area contributed by atoms with Crippen molar-refractivity contribution < 1.29 is 0 Å². The molecule has 1 unspecified atom stereocenters. The summed E-state index contributed by atoms with van der Waals surface area (Å²) < 4.78 is 0. The molecule has 106 valence electrons. The summed E-state index contributed by atoms with van der Waals surface area (Å²) in [5.41, 5.74) is 7.08. The van der Waals surface area contributed by atoms with Crippen molar-refractivity contribution in [3.63, 3.8) is 0 Å². The topological polar surface area (TPSA) is 58.3 Å². The lowest BCUT2D eigenvalue weighted by Gasteiger charge is -2.28. The second-order valence-electron chi connectivity index (χ2n) is 5.47. The summed E-state index contributed by atoms with van der Waals surface area (Å²) in [6.07, 6.45) is 6.13. The molecule has 1 aromatic rings. The van der Waals surface area contributed by atoms with Crippen molar-refractivity contribution in [2.24, 2.45) is 0 Å². The van der Waals surface area contributed by atoms with Gasteiger partial charge in [-0.3, -0.25) is 0 Å². The van der Waals surface area contributed by atoms with Crippen LogP contribution in [0.4, 0.5) is 11.6 Å². The second-order valence-corrected chi connectivity index (χ2v) is 5.47. The summed E-state index contributed by atoms with van der Waals surface area (Å²) >= 11 is 0. The molecule has 1 atom stereocenters. The third kappa shape index (κ3) is 3.15. The van der Waals surface area contributed by atoms with Gasteiger partial charge < -0.3 is 15.5 Å². The summed E-state index contributed by atoms with van der Waals surface area (Å²) in [5.74, 6) is 1.62. The van der Waals surface area contributed by atoms with E-state index in [1.807, 2.05) is 0 Å². The minimum absolute atomic E-state index is 0.621. The van der Waals surface area contributed by atoms with E-state index in [-0.39, 0.29) is 0 Å². The number of nitrogens with two attached hydrogens (primary N) is 1. The van der Waals surface area contributed by atoms with Crippen LogP contribution in [0.25, 0.3) is 0 Å². The van der Waals surface area contributed by atoms with Gasteiger partial charge in [0, 0.05) is 25.2 Å². The zero-order valence-electron chi connectivity index (χ0n) is 12.3. The van der Waals surface area contributed by atoms with Crippen molar-refractivity contribution >= 4 is 11.6 Å². The molecule has 1 saturated heterocycles. The number of anilines is 2. The van der Waals surface area contributed by atoms with Gasteiger partial charge in [0.2, 0.25) is 0 Å². The van der Waals surface area contributed by atoms with Gasteiger partial charge in [-0.25, -0.2) is 9.97 Å². The number of aromatic nitrogens is 2. The molecule has 19 heavy (non-hydrogen) atoms. The fourth-order valence-electron chi connectivity index (χ4n) is 2.85. The molecule has 1 aliphatic heterocycles. The highest BCUT2D eigenvalue weighted by Gasteiger charge is 2.23. The first kappa shape index (κ1) is 14.1. The highest BCUT2D eigenvalue weighted by atomic mass is 15.2. The van der Waals surface area contributed by atoms with Gasteiger partial charge in [0.15, 0.2) is 0 Å². The van der Waals surface area contributed by atoms with Gasteiger partial charge in [-0.2, -0.15) is 0 Å². The van der Waals surface area contributed by atoms with E-state index in [1.165, 1.54) is 19.4 Å². The SMILES string of the molecule is CCCc1c(N)ncnc1N(C)CC1CCCN1C. The van der Waals surface area contributed by atoms with Crippen molar-refractivity contribution in [1.29, 1.82) is 0 Å². The Bertz CT molecular complexity index is 420. The van der Waals surface area contributed by atoms with E-state index >= 15 is 0 Å². The first-order chi connectivity index (χ1) is 9.13. The van der Waals surface area contributed by atoms with Gasteiger partial charge in [-0.15, -0.1) is 0 Å². The smallest absolute Gasteiger partial charge is 0.137 e. The third-order valence-electron chi connectivity index (χ3n) is 3.97. The van der Waals surface area contributed by atoms with Crippen LogP contribution in [0.1, 0.15) is 31.7 Å². The Morgan fingerprint density at radius 1 is 1.47 bits per heavy atom. The average molecular weight is 263 g/mol. The van der Waals surface area contributed by atoms with E-state index in [1.54, 1.807) is 6.33 Å². The molecule has 2 rings (SSSR count). The van der Waals surface area contributed by atoms with Gasteiger partial charge in [0.1, 0.15) is 18.0 Å². The Hall–Kier alpha value is -1.36. The third-order valence-corrected chi connectivity index (χ3v) is 3.97. The molecule has 0 bridgehead atoms. The van der Waals surface area contributed by atoms with Crippen LogP contribution in [0.2, 0.25) is 0 Å². The number of rotatable bonds is 5. The number of nitrogens with zero attached hydrogens (tertiary/aromatic N) is 4. The molecule has 1 fully saturated rings. The fourth-order valence-corrected chi connectivity index (χ4v) is 2.85. The van der Waals surface area contributed by atoms with Gasteiger partial charge in [0.05, 0.1) is 0 Å². The highest BCUT2D eigenvalue weighted by Crippen LogP contribution is 2.24. The summed E-state index contributed by atoms with van der Waals surface area (Å²) in [6.45, 7) is 4.36. The zero-order chi connectivity index (χ0) is 13.8. The van der Waals surface area contributed by atoms with Gasteiger partial charge >= 0.3 is 0 Å². The van der Waals surface area contributed by atoms with Crippen molar-refractivity contribution in [3.8, 4) is 0 Å². The van der Waals surface area contributed by atoms with Crippen molar-refractivity contribution in [3.05, 3.63) is 11.9 Å². The molecule has 1 aromatic heterocycles. The standard InChI is InChI=1S/C14H25N5/c1-4-6-12-13(15)16-10-17-14(12)19(3)9-11-7-5-8-18(11)2/h10-11H,4-9H2,1-3H3,(H2,15,16,17). The van der Waals surface area contributed by atoms with E-state index in [0.29, 0.717) is 11.9 Å². The summed E-state index contributed by atoms with van der Waals surface area (Å²) in [5, 5.41) is 0. The van der Waals surface area contributed by atoms with Crippen LogP contribution in [0.15, 0.2) is 6.33 Å². The van der Waals surface area contributed by atoms with Crippen LogP contribution in [0, 0.1) is 0 Å². The lowest BCUT2D eigenvalue weighted by molar-refractivity contribution is 0.314. The summed E-state index contributed by atoms with van der Waals surface area (Å²) in [4.78, 5) is 13.2. The van der Waals surface area contributed by atoms with Gasteiger partial charge in [-0.1, -0.05) is 13.3 Å². The number of hydrogen-bond acceptors (Lipinski definition) is 5. The molecule has 0 spiro atoms. The number of likely N-dealkylation sites (N-methyl/N-ethyl adjacent to an activating group) is 2. The molecular weight excluding hydrogens is 238 g/mol. The predicted molar refractivity (Wildman–Crippen MR) is 79.4 cm³/mol. The maximum Gasteiger partial charge on any atom is 0.137 e. The molecule has 0 radical (unpaired) electrons. The zero-order valence-corrected chi connectivity index (χ0v) is 12.3. The molecule has 0 saturated carbocycles. The number of hydrogen-bond donors (Lipinski definition) is 1. The lowest BCUT2D eigenvalue weighted by Crippen LogP contribution is -2.37. The summed E-state index contributed by atoms with van der Waals surface area (Å²) in [7, 11) is 4.31. The second kappa shape index (κ2) is 6.19. The Balaban J connectivity index is 2.13. The van der Waals surface area contributed by atoms with E-state index in [4.69, 9.17) is 5.73 Å². The molecule has 0 amide bonds. The highest BCUT2D eigenvalue weighted by molar-refractivity contribution is 5.56. The minimum atomic E-state index is 0.621. The molecule has 0 aromatic carbocycles. The Kier molecular flexibility index (Phi) is 4.58. The molecule has 5 heteroatoms. The monoisotopic (exact) mass is 263 g/mol. The fraction of sp³-hybridized carbons (Fsp3) is 0.714. The normalized spacial score (nSPS) is 19.8. The first-order valence-corrected chi connectivity index (χ1v) is 7.14. The summed E-state index contributed by atoms with van der Waals surface area (Å²) in [6, 6.07) is 0.621. The van der Waals surface area contributed by atoms with Crippen LogP contribution >= 0.6 is 0 Å². The number of nitrogen functional groups attached to an aromatic ring is 1. The molecule has 0 aliphatic carbocycles. The molecule has 2 N–H and O–H groups in total. The largest absolute Gasteiger partial charge is 0.383 e. The molecule has 2 heterocycles. The first-order valence-electron chi connectivity index (χ1n) is 7.14. The van der Waals surface area contributed by atoms with E-state index in [2.05, 4.69) is 40.8 Å². The maximum atomic E-state index is 5.99. The van der Waals surface area contributed by atoms with Gasteiger partial charge in [0.25, 0.3) is 0 Å². The van der Waals surface area contributed by atoms with E-state index < -0.39 is 0 Å². The Morgan fingerprint density at radius 3 is 2.89 bits per heavy atom. The quantitative estimate of drug-likeness (QED) is 0.873. The Morgan fingerprint density at radius 2 is 2.26 bits per heavy atom. The van der Waals surface area contributed by atoms with Crippen molar-refractivity contribution in [1.82, 2.24) is 14.9 Å². The molecule has 1 aliphatic rings. The van der Waals surface area contributed by atoms with Crippen LogP contribution in [-0.4, -0.2) is 48.1 Å². The van der Waals surface area contributed by atoms with Crippen molar-refractivity contribution in [2.75, 3.05) is 37.8 Å². The van der Waals surface area contributed by atoms with Gasteiger partial charge in [-0.05, 0) is 32.9 Å². The molecular formula is C14H25N5. The number of likely N-dealkylation sites (tertiary alicyclic amines) is 1. The van der Waals surface area contributed by atoms with Crippen LogP contribution in [0.3, 0.4) is 0 Å². The predicted octanol–water partition coefficient (Wildman–Crippen LogP) is 1.54.